The third kappa shape index (κ3) is 7.06. The van der Waals surface area contributed by atoms with Crippen LogP contribution < -0.4 is 5.32 Å². The molecule has 0 radical (unpaired) electrons. The van der Waals surface area contributed by atoms with E-state index in [0.29, 0.717) is 19.5 Å². The molecule has 2 saturated heterocycles. The zero-order valence-electron chi connectivity index (χ0n) is 20.3. The van der Waals surface area contributed by atoms with Crippen molar-refractivity contribution in [3.05, 3.63) is 71.3 Å². The monoisotopic (exact) mass is 506 g/mol. The molecule has 2 N–H and O–H groups in total. The Bertz CT molecular complexity index is 987. The lowest BCUT2D eigenvalue weighted by molar-refractivity contribution is -0.158. The summed E-state index contributed by atoms with van der Waals surface area (Å²) in [5.41, 5.74) is 1.07. The summed E-state index contributed by atoms with van der Waals surface area (Å²) in [6.45, 7) is 3.09. The Balaban J connectivity index is 1.37. The van der Waals surface area contributed by atoms with Crippen LogP contribution in [0.2, 0.25) is 0 Å². The number of aliphatic hydroxyl groups excluding tert-OH is 1. The largest absolute Gasteiger partial charge is 0.416 e. The number of nitrogens with zero attached hydrogens (tertiary/aromatic N) is 1. The zero-order chi connectivity index (χ0) is 25.7. The fourth-order valence-electron chi connectivity index (χ4n) is 4.99. The molecule has 2 fully saturated rings. The van der Waals surface area contributed by atoms with Crippen LogP contribution in [0.5, 0.6) is 0 Å². The van der Waals surface area contributed by atoms with Gasteiger partial charge in [-0.3, -0.25) is 9.69 Å². The predicted octanol–water partition coefficient (Wildman–Crippen LogP) is 4.08. The molecule has 0 spiro atoms. The first-order chi connectivity index (χ1) is 17.2. The van der Waals surface area contributed by atoms with Crippen LogP contribution in [0.1, 0.15) is 48.9 Å². The molecule has 2 aromatic rings. The summed E-state index contributed by atoms with van der Waals surface area (Å²) in [7, 11) is 0. The molecule has 36 heavy (non-hydrogen) atoms. The Labute approximate surface area is 209 Å². The van der Waals surface area contributed by atoms with Gasteiger partial charge in [-0.1, -0.05) is 42.5 Å². The van der Waals surface area contributed by atoms with Gasteiger partial charge in [0.2, 0.25) is 5.91 Å². The van der Waals surface area contributed by atoms with E-state index >= 15 is 0 Å². The minimum atomic E-state index is -4.38. The van der Waals surface area contributed by atoms with E-state index < -0.39 is 17.8 Å². The highest BCUT2D eigenvalue weighted by molar-refractivity contribution is 5.77. The Morgan fingerprint density at radius 2 is 1.83 bits per heavy atom. The van der Waals surface area contributed by atoms with Gasteiger partial charge in [0.1, 0.15) is 0 Å². The molecule has 9 heteroatoms. The number of alkyl halides is 3. The van der Waals surface area contributed by atoms with Gasteiger partial charge in [0, 0.05) is 19.1 Å². The van der Waals surface area contributed by atoms with Gasteiger partial charge in [-0.25, -0.2) is 0 Å². The van der Waals surface area contributed by atoms with Crippen LogP contribution in [0.3, 0.4) is 0 Å². The molecule has 0 bridgehead atoms. The average molecular weight is 507 g/mol. The highest BCUT2D eigenvalue weighted by atomic mass is 19.4. The highest BCUT2D eigenvalue weighted by Crippen LogP contribution is 2.31. The number of nitrogens with one attached hydrogen (secondary N) is 1. The summed E-state index contributed by atoms with van der Waals surface area (Å²) >= 11 is 0. The molecule has 2 aliphatic rings. The van der Waals surface area contributed by atoms with E-state index in [-0.39, 0.29) is 49.8 Å². The fourth-order valence-corrected chi connectivity index (χ4v) is 4.99. The Kier molecular flexibility index (Phi) is 8.66. The van der Waals surface area contributed by atoms with Crippen LogP contribution in [-0.2, 0) is 27.0 Å². The van der Waals surface area contributed by atoms with Crippen molar-refractivity contribution in [2.24, 2.45) is 0 Å². The van der Waals surface area contributed by atoms with Crippen LogP contribution >= 0.6 is 0 Å². The quantitative estimate of drug-likeness (QED) is 0.618. The Hall–Kier alpha value is -2.46. The molecular weight excluding hydrogens is 473 g/mol. The van der Waals surface area contributed by atoms with Gasteiger partial charge in [0.15, 0.2) is 0 Å². The molecule has 6 nitrogen and oxygen atoms in total. The van der Waals surface area contributed by atoms with Crippen molar-refractivity contribution in [1.82, 2.24) is 10.2 Å². The SMILES string of the molecule is C[C@H](NC(=O)C[C@@H]1CC[C@H]2[C@@H](COC[C@H](O)CN2Cc2ccc(C(F)(F)F)cc2)O1)c1ccccc1. The van der Waals surface area contributed by atoms with Crippen molar-refractivity contribution >= 4 is 5.91 Å². The predicted molar refractivity (Wildman–Crippen MR) is 128 cm³/mol. The van der Waals surface area contributed by atoms with E-state index in [9.17, 15) is 23.1 Å². The van der Waals surface area contributed by atoms with E-state index in [2.05, 4.69) is 10.2 Å². The van der Waals surface area contributed by atoms with Crippen molar-refractivity contribution in [3.63, 3.8) is 0 Å². The standard InChI is InChI=1S/C27H33F3N2O4/c1-18(20-5-3-2-4-6-20)31-26(34)13-23-11-12-24-25(36-23)17-35-16-22(33)15-32(24)14-19-7-9-21(10-8-19)27(28,29)30/h2-10,18,22-25,33H,11-17H2,1H3,(H,31,34)/t18-,22+,23-,24-,25+/m0/s1. The maximum Gasteiger partial charge on any atom is 0.416 e. The highest BCUT2D eigenvalue weighted by Gasteiger charge is 2.38. The summed E-state index contributed by atoms with van der Waals surface area (Å²) < 4.78 is 50.7. The van der Waals surface area contributed by atoms with Gasteiger partial charge < -0.3 is 19.9 Å². The number of halogens is 3. The molecule has 0 aliphatic carbocycles. The molecule has 2 aliphatic heterocycles. The Morgan fingerprint density at radius 3 is 2.53 bits per heavy atom. The second-order valence-corrected chi connectivity index (χ2v) is 9.66. The normalized spacial score (nSPS) is 26.4. The minimum absolute atomic E-state index is 0.0789. The zero-order valence-corrected chi connectivity index (χ0v) is 20.3. The first-order valence-corrected chi connectivity index (χ1v) is 12.3. The maximum absolute atomic E-state index is 12.9. The number of ether oxygens (including phenoxy) is 2. The second-order valence-electron chi connectivity index (χ2n) is 9.66. The lowest BCUT2D eigenvalue weighted by Gasteiger charge is -2.44. The van der Waals surface area contributed by atoms with Crippen molar-refractivity contribution in [3.8, 4) is 0 Å². The van der Waals surface area contributed by atoms with Crippen molar-refractivity contribution in [1.29, 1.82) is 0 Å². The minimum Gasteiger partial charge on any atom is -0.389 e. The summed E-state index contributed by atoms with van der Waals surface area (Å²) in [5.74, 6) is -0.0846. The van der Waals surface area contributed by atoms with Crippen LogP contribution in [0, 0.1) is 0 Å². The van der Waals surface area contributed by atoms with Gasteiger partial charge in [-0.15, -0.1) is 0 Å². The number of carbonyl (C=O) groups excluding carboxylic acids is 1. The van der Waals surface area contributed by atoms with Crippen molar-refractivity contribution < 1.29 is 32.5 Å². The number of amides is 1. The number of carbonyl (C=O) groups is 1. The molecule has 5 atom stereocenters. The molecule has 0 aromatic heterocycles. The lowest BCUT2D eigenvalue weighted by Crippen LogP contribution is -2.55. The number of hydrogen-bond acceptors (Lipinski definition) is 5. The van der Waals surface area contributed by atoms with Gasteiger partial charge in [0.05, 0.1) is 49.6 Å². The third-order valence-electron chi connectivity index (χ3n) is 6.84. The average Bonchev–Trinajstić information content (AvgIpc) is 2.83. The first kappa shape index (κ1) is 26.6. The van der Waals surface area contributed by atoms with E-state index in [1.165, 1.54) is 12.1 Å². The fraction of sp³-hybridized carbons (Fsp3) is 0.519. The molecule has 0 unspecified atom stereocenters. The molecule has 0 saturated carbocycles. The number of rotatable bonds is 6. The van der Waals surface area contributed by atoms with Crippen molar-refractivity contribution in [2.45, 2.75) is 69.3 Å². The lowest BCUT2D eigenvalue weighted by atomic mass is 9.94. The van der Waals surface area contributed by atoms with E-state index in [1.807, 2.05) is 37.3 Å². The summed E-state index contributed by atoms with van der Waals surface area (Å²) in [4.78, 5) is 14.7. The number of β-amino-alcohol motifs (C(OH)–C–C–N with tert-alkyl or cyclic N) is 1. The molecular formula is C27H33F3N2O4. The summed E-state index contributed by atoms with van der Waals surface area (Å²) in [6, 6.07) is 14.7. The van der Waals surface area contributed by atoms with E-state index in [0.717, 1.165) is 29.7 Å². The van der Waals surface area contributed by atoms with Crippen LogP contribution in [0.4, 0.5) is 13.2 Å². The van der Waals surface area contributed by atoms with Crippen LogP contribution in [-0.4, -0.2) is 60.0 Å². The first-order valence-electron chi connectivity index (χ1n) is 12.3. The maximum atomic E-state index is 12.9. The van der Waals surface area contributed by atoms with Crippen LogP contribution in [0.25, 0.3) is 0 Å². The molecule has 2 aromatic carbocycles. The number of hydrogen-bond donors (Lipinski definition) is 2. The molecule has 196 valence electrons. The van der Waals surface area contributed by atoms with Crippen molar-refractivity contribution in [2.75, 3.05) is 19.8 Å². The second kappa shape index (κ2) is 11.7. The number of fused-ring (bicyclic) bond motifs is 1. The topological polar surface area (TPSA) is 71.0 Å². The number of benzene rings is 2. The van der Waals surface area contributed by atoms with E-state index in [4.69, 9.17) is 9.47 Å². The summed E-state index contributed by atoms with van der Waals surface area (Å²) in [6.07, 6.45) is -4.01. The summed E-state index contributed by atoms with van der Waals surface area (Å²) in [5, 5.41) is 13.4. The third-order valence-corrected chi connectivity index (χ3v) is 6.84. The molecule has 4 rings (SSSR count). The number of aliphatic hydroxyl groups is 1. The smallest absolute Gasteiger partial charge is 0.389 e. The van der Waals surface area contributed by atoms with Gasteiger partial charge in [0.25, 0.3) is 0 Å². The molecule has 2 heterocycles. The van der Waals surface area contributed by atoms with Crippen LogP contribution in [0.15, 0.2) is 54.6 Å². The van der Waals surface area contributed by atoms with Gasteiger partial charge in [-0.05, 0) is 43.0 Å². The van der Waals surface area contributed by atoms with Gasteiger partial charge >= 0.3 is 6.18 Å². The Morgan fingerprint density at radius 1 is 1.11 bits per heavy atom. The molecule has 1 amide bonds. The van der Waals surface area contributed by atoms with E-state index in [1.54, 1.807) is 0 Å². The van der Waals surface area contributed by atoms with Gasteiger partial charge in [-0.2, -0.15) is 13.2 Å².